The lowest BCUT2D eigenvalue weighted by molar-refractivity contribution is -0.167. The second-order valence-corrected chi connectivity index (χ2v) is 17.6. The highest BCUT2D eigenvalue weighted by Gasteiger charge is 2.19. The first-order valence-corrected chi connectivity index (χ1v) is 26.8. The molecule has 0 N–H and O–H groups in total. The highest BCUT2D eigenvalue weighted by atomic mass is 16.6. The van der Waals surface area contributed by atoms with E-state index in [1.165, 1.54) is 103 Å². The van der Waals surface area contributed by atoms with Gasteiger partial charge in [-0.3, -0.25) is 14.4 Å². The third-order valence-corrected chi connectivity index (χ3v) is 11.3. The van der Waals surface area contributed by atoms with Crippen molar-refractivity contribution < 1.29 is 28.6 Å². The molecule has 1 atom stereocenters. The molecule has 0 spiro atoms. The second kappa shape index (κ2) is 52.9. The third kappa shape index (κ3) is 51.2. The summed E-state index contributed by atoms with van der Waals surface area (Å²) in [6.45, 7) is 6.32. The van der Waals surface area contributed by atoms with Gasteiger partial charge >= 0.3 is 17.9 Å². The summed E-state index contributed by atoms with van der Waals surface area (Å²) < 4.78 is 16.8. The first-order chi connectivity index (χ1) is 32.0. The van der Waals surface area contributed by atoms with Gasteiger partial charge in [-0.05, 0) is 57.8 Å². The van der Waals surface area contributed by atoms with Crippen LogP contribution in [-0.2, 0) is 28.6 Å². The van der Waals surface area contributed by atoms with Gasteiger partial charge in [0.1, 0.15) is 13.2 Å². The molecule has 6 nitrogen and oxygen atoms in total. The lowest BCUT2D eigenvalue weighted by Gasteiger charge is -2.18. The van der Waals surface area contributed by atoms with Crippen LogP contribution < -0.4 is 0 Å². The fourth-order valence-electron chi connectivity index (χ4n) is 7.29. The lowest BCUT2D eigenvalue weighted by Crippen LogP contribution is -2.30. The quantitative estimate of drug-likeness (QED) is 0.0262. The van der Waals surface area contributed by atoms with Crippen LogP contribution in [0.25, 0.3) is 0 Å². The van der Waals surface area contributed by atoms with Crippen LogP contribution in [0.5, 0.6) is 0 Å². The smallest absolute Gasteiger partial charge is 0.306 e. The van der Waals surface area contributed by atoms with E-state index in [1.807, 2.05) is 48.6 Å². The van der Waals surface area contributed by atoms with E-state index in [0.29, 0.717) is 19.3 Å². The molecule has 0 fully saturated rings. The van der Waals surface area contributed by atoms with Crippen LogP contribution in [0.4, 0.5) is 0 Å². The Hall–Kier alpha value is -3.67. The molecule has 0 aliphatic carbocycles. The molecule has 0 aliphatic heterocycles. The number of hydrogen-bond donors (Lipinski definition) is 0. The predicted octanol–water partition coefficient (Wildman–Crippen LogP) is 17.8. The monoisotopic (exact) mass is 903 g/mol. The normalized spacial score (nSPS) is 12.8. The first kappa shape index (κ1) is 61.3. The molecule has 0 aliphatic rings. The van der Waals surface area contributed by atoms with E-state index < -0.39 is 6.10 Å². The van der Waals surface area contributed by atoms with Crippen LogP contribution in [0, 0.1) is 0 Å². The Morgan fingerprint density at radius 3 is 0.954 bits per heavy atom. The molecule has 0 saturated heterocycles. The average Bonchev–Trinajstić information content (AvgIpc) is 3.30. The van der Waals surface area contributed by atoms with Gasteiger partial charge < -0.3 is 14.2 Å². The first-order valence-electron chi connectivity index (χ1n) is 26.8. The standard InChI is InChI=1S/C59H98O6/c1-4-7-10-13-16-19-22-25-27-28-29-30-32-34-37-40-43-46-49-52-58(61)64-55-56(54-63-57(60)51-48-45-42-39-36-33-24-21-18-15-12-9-6-3)65-59(62)53-50-47-44-41-38-35-31-26-23-20-17-14-11-8-5-2/h8-9,11-12,14-15,17-18,20-21,23-24,26,31,35,38,56H,4-7,10,13,16,19,22,25,27-30,32-34,36-37,39-55H2,1-3H3/b11-8-,12-9-,17-14-,18-15-,23-20-,24-21-,31-26-,38-35-. The van der Waals surface area contributed by atoms with E-state index in [0.717, 1.165) is 89.9 Å². The summed E-state index contributed by atoms with van der Waals surface area (Å²) in [5.41, 5.74) is 0. The van der Waals surface area contributed by atoms with Crippen molar-refractivity contribution in [2.75, 3.05) is 13.2 Å². The van der Waals surface area contributed by atoms with Gasteiger partial charge in [0, 0.05) is 19.3 Å². The predicted molar refractivity (Wildman–Crippen MR) is 279 cm³/mol. The Balaban J connectivity index is 4.43. The molecule has 370 valence electrons. The van der Waals surface area contributed by atoms with Crippen molar-refractivity contribution in [1.29, 1.82) is 0 Å². The molecule has 0 rings (SSSR count). The summed E-state index contributed by atoms with van der Waals surface area (Å²) in [5, 5.41) is 0. The Morgan fingerprint density at radius 1 is 0.323 bits per heavy atom. The largest absolute Gasteiger partial charge is 0.462 e. The molecule has 0 aromatic rings. The maximum absolute atomic E-state index is 12.8. The van der Waals surface area contributed by atoms with Gasteiger partial charge in [-0.2, -0.15) is 0 Å². The molecule has 0 radical (unpaired) electrons. The van der Waals surface area contributed by atoms with E-state index in [4.69, 9.17) is 14.2 Å². The maximum Gasteiger partial charge on any atom is 0.306 e. The molecular formula is C59H98O6. The molecule has 0 amide bonds. The summed E-state index contributed by atoms with van der Waals surface area (Å²) in [7, 11) is 0. The van der Waals surface area contributed by atoms with Crippen molar-refractivity contribution in [3.8, 4) is 0 Å². The summed E-state index contributed by atoms with van der Waals surface area (Å²) in [5.74, 6) is -0.963. The number of carbonyl (C=O) groups excluding carboxylic acids is 3. The molecule has 1 unspecified atom stereocenters. The van der Waals surface area contributed by atoms with Gasteiger partial charge in [0.25, 0.3) is 0 Å². The van der Waals surface area contributed by atoms with Crippen molar-refractivity contribution in [2.24, 2.45) is 0 Å². The van der Waals surface area contributed by atoms with Gasteiger partial charge in [0.05, 0.1) is 0 Å². The van der Waals surface area contributed by atoms with E-state index in [1.54, 1.807) is 0 Å². The number of unbranched alkanes of at least 4 members (excludes halogenated alkanes) is 26. The zero-order valence-electron chi connectivity index (χ0n) is 42.2. The highest BCUT2D eigenvalue weighted by molar-refractivity contribution is 5.71. The van der Waals surface area contributed by atoms with Gasteiger partial charge in [0.2, 0.25) is 0 Å². The van der Waals surface area contributed by atoms with E-state index in [-0.39, 0.29) is 37.5 Å². The van der Waals surface area contributed by atoms with E-state index in [2.05, 4.69) is 69.4 Å². The number of rotatable bonds is 47. The van der Waals surface area contributed by atoms with Crippen molar-refractivity contribution >= 4 is 17.9 Å². The summed E-state index contributed by atoms with van der Waals surface area (Å²) in [6, 6.07) is 0. The van der Waals surface area contributed by atoms with Gasteiger partial charge in [-0.25, -0.2) is 0 Å². The van der Waals surface area contributed by atoms with Crippen LogP contribution in [0.2, 0.25) is 0 Å². The Morgan fingerprint density at radius 2 is 0.600 bits per heavy atom. The Kier molecular flexibility index (Phi) is 50.0. The molecule has 0 heterocycles. The molecular weight excluding hydrogens is 805 g/mol. The van der Waals surface area contributed by atoms with Gasteiger partial charge in [0.15, 0.2) is 6.10 Å². The second-order valence-electron chi connectivity index (χ2n) is 17.6. The lowest BCUT2D eigenvalue weighted by atomic mass is 10.0. The third-order valence-electron chi connectivity index (χ3n) is 11.3. The zero-order chi connectivity index (χ0) is 47.2. The molecule has 0 saturated carbocycles. The number of carbonyl (C=O) groups is 3. The molecule has 0 aromatic heterocycles. The summed E-state index contributed by atoms with van der Waals surface area (Å²) >= 11 is 0. The highest BCUT2D eigenvalue weighted by Crippen LogP contribution is 2.16. The zero-order valence-corrected chi connectivity index (χ0v) is 42.2. The topological polar surface area (TPSA) is 78.9 Å². The Labute approximate surface area is 400 Å². The van der Waals surface area contributed by atoms with Crippen molar-refractivity contribution in [3.63, 3.8) is 0 Å². The fraction of sp³-hybridized carbons (Fsp3) is 0.678. The molecule has 0 bridgehead atoms. The maximum atomic E-state index is 12.8. The summed E-state index contributed by atoms with van der Waals surface area (Å²) in [4.78, 5) is 38.0. The number of hydrogen-bond acceptors (Lipinski definition) is 6. The van der Waals surface area contributed by atoms with Gasteiger partial charge in [-0.15, -0.1) is 0 Å². The molecule has 65 heavy (non-hydrogen) atoms. The number of esters is 3. The minimum Gasteiger partial charge on any atom is -0.462 e. The average molecular weight is 903 g/mol. The van der Waals surface area contributed by atoms with Crippen LogP contribution in [0.3, 0.4) is 0 Å². The SMILES string of the molecule is CC\C=C/C=C\C=C/C=C\C=C/CCCCCC(=O)OC(COC(=O)CCCCCCC\C=C/C=C\C=C/CC)COC(=O)CCCCCCCCCCCCCCCCCCCCC. The van der Waals surface area contributed by atoms with Crippen LogP contribution in [0.1, 0.15) is 239 Å². The van der Waals surface area contributed by atoms with Crippen LogP contribution in [-0.4, -0.2) is 37.2 Å². The van der Waals surface area contributed by atoms with Crippen LogP contribution in [0.15, 0.2) is 97.2 Å². The number of allylic oxidation sites excluding steroid dienone is 16. The van der Waals surface area contributed by atoms with E-state index in [9.17, 15) is 14.4 Å². The van der Waals surface area contributed by atoms with Crippen molar-refractivity contribution in [1.82, 2.24) is 0 Å². The van der Waals surface area contributed by atoms with Crippen molar-refractivity contribution in [2.45, 2.75) is 245 Å². The van der Waals surface area contributed by atoms with Crippen molar-refractivity contribution in [3.05, 3.63) is 97.2 Å². The van der Waals surface area contributed by atoms with E-state index >= 15 is 0 Å². The minimum atomic E-state index is -0.807. The fourth-order valence-corrected chi connectivity index (χ4v) is 7.29. The minimum absolute atomic E-state index is 0.101. The van der Waals surface area contributed by atoms with Gasteiger partial charge in [-0.1, -0.05) is 259 Å². The molecule has 6 heteroatoms. The number of ether oxygens (including phenoxy) is 3. The van der Waals surface area contributed by atoms with Crippen LogP contribution >= 0.6 is 0 Å². The summed E-state index contributed by atoms with van der Waals surface area (Å²) in [6.07, 6.45) is 69.7. The molecule has 0 aromatic carbocycles. The Bertz CT molecular complexity index is 1310.